The Balaban J connectivity index is 0.000000902. The molecule has 1 aliphatic heterocycles. The number of hydrogen-bond acceptors (Lipinski definition) is 0. The standard InChI is InChI=1S/C16H20.2ClH.Hf/c1-11-5-7-15(13(11)3)9-10-16-8-6-12(2)14(16)4;;;/h7-10H2,1-4H3;2*1H;/q;;;+2/p-2. The van der Waals surface area contributed by atoms with Gasteiger partial charge in [0, 0.05) is 0 Å². The van der Waals surface area contributed by atoms with Crippen LogP contribution in [0.4, 0.5) is 0 Å². The molecule has 0 N–H and O–H groups in total. The van der Waals surface area contributed by atoms with E-state index in [0.29, 0.717) is 0 Å². The van der Waals surface area contributed by atoms with Gasteiger partial charge in [-0.3, -0.25) is 0 Å². The minimum Gasteiger partial charge on any atom is -1.00 e. The SMILES string of the molecule is CC1=C2CCC3=C(C)C(C)=[C](C3)[Hf+2][C](=C1C)C2.[Cl-].[Cl-]. The molecule has 1 saturated heterocycles. The first-order valence-corrected chi connectivity index (χ1v) is 10.2. The molecule has 0 amide bonds. The van der Waals surface area contributed by atoms with Crippen molar-refractivity contribution in [2.24, 2.45) is 0 Å². The van der Waals surface area contributed by atoms with E-state index in [1.165, 1.54) is 25.7 Å². The largest absolute Gasteiger partial charge is 1.00 e. The molecule has 0 spiro atoms. The van der Waals surface area contributed by atoms with E-state index in [9.17, 15) is 0 Å². The number of halogens is 2. The molecule has 3 aliphatic rings. The minimum atomic E-state index is -0.693. The Kier molecular flexibility index (Phi) is 5.93. The summed E-state index contributed by atoms with van der Waals surface area (Å²) in [5, 5.41) is 0. The molecule has 3 heteroatoms. The van der Waals surface area contributed by atoms with Gasteiger partial charge in [0.15, 0.2) is 0 Å². The van der Waals surface area contributed by atoms with Crippen LogP contribution in [-0.2, 0) is 22.9 Å². The summed E-state index contributed by atoms with van der Waals surface area (Å²) in [6.45, 7) is 9.46. The van der Waals surface area contributed by atoms with E-state index < -0.39 is 22.9 Å². The average Bonchev–Trinajstić information content (AvgIpc) is 2.76. The summed E-state index contributed by atoms with van der Waals surface area (Å²) in [6, 6.07) is 0. The van der Waals surface area contributed by atoms with Crippen molar-refractivity contribution in [2.75, 3.05) is 0 Å². The van der Waals surface area contributed by atoms with Crippen molar-refractivity contribution in [1.82, 2.24) is 0 Å². The summed E-state index contributed by atoms with van der Waals surface area (Å²) in [5.74, 6) is 0. The van der Waals surface area contributed by atoms with Crippen molar-refractivity contribution in [3.05, 3.63) is 40.1 Å². The van der Waals surface area contributed by atoms with Gasteiger partial charge in [0.25, 0.3) is 0 Å². The van der Waals surface area contributed by atoms with E-state index in [2.05, 4.69) is 27.7 Å². The Labute approximate surface area is 140 Å². The number of fused-ring (bicyclic) bond motifs is 4. The molecule has 0 aromatic carbocycles. The molecule has 0 saturated carbocycles. The van der Waals surface area contributed by atoms with Crippen LogP contribution in [0.25, 0.3) is 0 Å². The second-order valence-corrected chi connectivity index (χ2v) is 10.9. The van der Waals surface area contributed by atoms with Crippen LogP contribution in [-0.4, -0.2) is 0 Å². The first kappa shape index (κ1) is 17.5. The molecule has 1 fully saturated rings. The summed E-state index contributed by atoms with van der Waals surface area (Å²) >= 11 is -0.693. The molecule has 0 aromatic rings. The quantitative estimate of drug-likeness (QED) is 0.400. The third-order valence-corrected chi connectivity index (χ3v) is 11.0. The number of rotatable bonds is 0. The molecular weight excluding hydrogens is 442 g/mol. The van der Waals surface area contributed by atoms with Gasteiger partial charge in [-0.15, -0.1) is 0 Å². The molecule has 1 heterocycles. The summed E-state index contributed by atoms with van der Waals surface area (Å²) in [7, 11) is 0. The molecule has 4 bridgehead atoms. The maximum absolute atomic E-state index is 2.37. The normalized spacial score (nSPS) is 21.3. The second-order valence-electron chi connectivity index (χ2n) is 5.64. The van der Waals surface area contributed by atoms with E-state index in [1.54, 1.807) is 33.4 Å². The third-order valence-electron chi connectivity index (χ3n) is 4.90. The predicted molar refractivity (Wildman–Crippen MR) is 69.3 cm³/mol. The Hall–Kier alpha value is 0.410. The van der Waals surface area contributed by atoms with Crippen molar-refractivity contribution in [1.29, 1.82) is 0 Å². The minimum absolute atomic E-state index is 0. The average molecular weight is 462 g/mol. The van der Waals surface area contributed by atoms with Crippen LogP contribution in [0.1, 0.15) is 53.4 Å². The van der Waals surface area contributed by atoms with Crippen LogP contribution >= 0.6 is 0 Å². The fraction of sp³-hybridized carbons (Fsp3) is 0.500. The van der Waals surface area contributed by atoms with Crippen molar-refractivity contribution in [3.63, 3.8) is 0 Å². The molecular formula is C16H20Cl2Hf. The Bertz CT molecular complexity index is 485. The van der Waals surface area contributed by atoms with Gasteiger partial charge >= 0.3 is 116 Å². The zero-order valence-corrected chi connectivity index (χ0v) is 17.2. The van der Waals surface area contributed by atoms with Crippen molar-refractivity contribution >= 4 is 0 Å². The third kappa shape index (κ3) is 2.89. The summed E-state index contributed by atoms with van der Waals surface area (Å²) in [6.07, 6.45) is 5.35. The Morgan fingerprint density at radius 2 is 1.00 bits per heavy atom. The van der Waals surface area contributed by atoms with Crippen molar-refractivity contribution < 1.29 is 47.7 Å². The maximum Gasteiger partial charge on any atom is -1.00 e. The summed E-state index contributed by atoms with van der Waals surface area (Å²) in [5.41, 5.74) is 10.2. The van der Waals surface area contributed by atoms with Crippen LogP contribution in [0.15, 0.2) is 40.1 Å². The molecule has 0 aromatic heterocycles. The van der Waals surface area contributed by atoms with Gasteiger partial charge < -0.3 is 24.8 Å². The van der Waals surface area contributed by atoms with Gasteiger partial charge in [0.2, 0.25) is 0 Å². The fourth-order valence-corrected chi connectivity index (χ4v) is 9.42. The predicted octanol–water partition coefficient (Wildman–Crippen LogP) is -1.14. The van der Waals surface area contributed by atoms with E-state index in [4.69, 9.17) is 0 Å². The molecule has 0 radical (unpaired) electrons. The first-order chi connectivity index (χ1) is 8.08. The van der Waals surface area contributed by atoms with Gasteiger partial charge in [0.1, 0.15) is 0 Å². The first-order valence-electron chi connectivity index (χ1n) is 6.62. The summed E-state index contributed by atoms with van der Waals surface area (Å²) in [4.78, 5) is 0. The Morgan fingerprint density at radius 3 is 1.37 bits per heavy atom. The molecule has 102 valence electrons. The van der Waals surface area contributed by atoms with Crippen LogP contribution in [0, 0.1) is 0 Å². The van der Waals surface area contributed by atoms with Crippen LogP contribution in [0.3, 0.4) is 0 Å². The molecule has 0 nitrogen and oxygen atoms in total. The Morgan fingerprint density at radius 1 is 0.632 bits per heavy atom. The van der Waals surface area contributed by atoms with Gasteiger partial charge in [-0.1, -0.05) is 0 Å². The van der Waals surface area contributed by atoms with E-state index in [0.717, 1.165) is 0 Å². The van der Waals surface area contributed by atoms with Gasteiger partial charge in [0.05, 0.1) is 0 Å². The number of allylic oxidation sites excluding steroid dienone is 8. The van der Waals surface area contributed by atoms with Gasteiger partial charge in [-0.2, -0.15) is 0 Å². The molecule has 0 unspecified atom stereocenters. The van der Waals surface area contributed by atoms with E-state index in [1.807, 2.05) is 6.66 Å². The molecule has 19 heavy (non-hydrogen) atoms. The van der Waals surface area contributed by atoms with Crippen molar-refractivity contribution in [2.45, 2.75) is 53.4 Å². The maximum atomic E-state index is 2.37. The van der Waals surface area contributed by atoms with Crippen LogP contribution in [0.2, 0.25) is 0 Å². The second kappa shape index (κ2) is 6.45. The summed E-state index contributed by atoms with van der Waals surface area (Å²) < 4.78 is 3.78. The van der Waals surface area contributed by atoms with E-state index >= 15 is 0 Å². The molecule has 2 aliphatic carbocycles. The molecule has 3 rings (SSSR count). The number of hydrogen-bond donors (Lipinski definition) is 0. The van der Waals surface area contributed by atoms with Gasteiger partial charge in [-0.25, -0.2) is 0 Å². The zero-order chi connectivity index (χ0) is 12.2. The van der Waals surface area contributed by atoms with Crippen LogP contribution in [0.5, 0.6) is 0 Å². The van der Waals surface area contributed by atoms with E-state index in [-0.39, 0.29) is 24.8 Å². The van der Waals surface area contributed by atoms with Crippen molar-refractivity contribution in [3.8, 4) is 0 Å². The van der Waals surface area contributed by atoms with Gasteiger partial charge in [-0.05, 0) is 0 Å². The zero-order valence-electron chi connectivity index (χ0n) is 12.1. The topological polar surface area (TPSA) is 0 Å². The monoisotopic (exact) mass is 462 g/mol. The molecule has 0 atom stereocenters. The smallest absolute Gasteiger partial charge is 1.00 e. The fourth-order valence-electron chi connectivity index (χ4n) is 3.25. The van der Waals surface area contributed by atoms with Crippen LogP contribution < -0.4 is 24.8 Å².